The maximum Gasteiger partial charge on any atom is 0.573 e. The molecule has 0 aliphatic carbocycles. The van der Waals surface area contributed by atoms with Gasteiger partial charge in [0, 0.05) is 11.6 Å². The highest BCUT2D eigenvalue weighted by Gasteiger charge is 2.33. The summed E-state index contributed by atoms with van der Waals surface area (Å²) in [6.45, 7) is 0. The smallest absolute Gasteiger partial charge is 0.464 e. The van der Waals surface area contributed by atoms with E-state index in [0.29, 0.717) is 0 Å². The molecule has 0 atom stereocenters. The Labute approximate surface area is 119 Å². The number of esters is 1. The fraction of sp³-hybridized carbons (Fsp3) is 0.333. The van der Waals surface area contributed by atoms with E-state index in [9.17, 15) is 18.0 Å². The SMILES string of the molecule is COC(=O)c1cc(OC(F)(F)F)c(CCl)c(I)n1. The highest BCUT2D eigenvalue weighted by Crippen LogP contribution is 2.30. The normalized spacial score (nSPS) is 11.2. The fourth-order valence-electron chi connectivity index (χ4n) is 1.06. The lowest BCUT2D eigenvalue weighted by Crippen LogP contribution is -2.19. The van der Waals surface area contributed by atoms with Crippen LogP contribution in [0.4, 0.5) is 13.2 Å². The number of halogens is 5. The third-order valence-electron chi connectivity index (χ3n) is 1.79. The highest BCUT2D eigenvalue weighted by atomic mass is 127. The summed E-state index contributed by atoms with van der Waals surface area (Å²) < 4.78 is 44.9. The van der Waals surface area contributed by atoms with E-state index < -0.39 is 18.1 Å². The molecule has 0 N–H and O–H groups in total. The first-order valence-electron chi connectivity index (χ1n) is 4.38. The van der Waals surface area contributed by atoms with Crippen molar-refractivity contribution in [3.63, 3.8) is 0 Å². The van der Waals surface area contributed by atoms with Crippen molar-refractivity contribution >= 4 is 40.2 Å². The van der Waals surface area contributed by atoms with Crippen molar-refractivity contribution in [1.29, 1.82) is 0 Å². The highest BCUT2D eigenvalue weighted by molar-refractivity contribution is 14.1. The number of hydrogen-bond acceptors (Lipinski definition) is 4. The van der Waals surface area contributed by atoms with Crippen molar-refractivity contribution in [3.8, 4) is 5.75 Å². The molecular formula is C9H6ClF3INO3. The summed E-state index contributed by atoms with van der Waals surface area (Å²) in [5.74, 6) is -1.64. The maximum absolute atomic E-state index is 12.2. The van der Waals surface area contributed by atoms with Gasteiger partial charge in [0.15, 0.2) is 5.69 Å². The van der Waals surface area contributed by atoms with Crippen LogP contribution in [-0.2, 0) is 10.6 Å². The molecule has 1 heterocycles. The van der Waals surface area contributed by atoms with Crippen LogP contribution in [0.25, 0.3) is 0 Å². The molecule has 0 amide bonds. The molecule has 0 aliphatic rings. The Morgan fingerprint density at radius 2 is 2.17 bits per heavy atom. The predicted molar refractivity (Wildman–Crippen MR) is 64.5 cm³/mol. The first-order chi connectivity index (χ1) is 8.28. The topological polar surface area (TPSA) is 48.4 Å². The van der Waals surface area contributed by atoms with Gasteiger partial charge in [-0.2, -0.15) is 0 Å². The summed E-state index contributed by atoms with van der Waals surface area (Å²) in [4.78, 5) is 15.0. The zero-order valence-corrected chi connectivity index (χ0v) is 11.8. The molecule has 0 saturated heterocycles. The van der Waals surface area contributed by atoms with E-state index in [1.807, 2.05) is 0 Å². The quantitative estimate of drug-likeness (QED) is 0.342. The van der Waals surface area contributed by atoms with E-state index in [4.69, 9.17) is 11.6 Å². The lowest BCUT2D eigenvalue weighted by molar-refractivity contribution is -0.274. The summed E-state index contributed by atoms with van der Waals surface area (Å²) in [7, 11) is 1.09. The Morgan fingerprint density at radius 1 is 1.56 bits per heavy atom. The van der Waals surface area contributed by atoms with Crippen LogP contribution in [0.15, 0.2) is 6.07 Å². The van der Waals surface area contributed by atoms with Crippen LogP contribution in [0.5, 0.6) is 5.75 Å². The molecule has 0 bridgehead atoms. The first kappa shape index (κ1) is 15.3. The Morgan fingerprint density at radius 3 is 2.61 bits per heavy atom. The lowest BCUT2D eigenvalue weighted by Gasteiger charge is -2.13. The molecule has 0 spiro atoms. The number of rotatable bonds is 3. The minimum atomic E-state index is -4.88. The van der Waals surface area contributed by atoms with Gasteiger partial charge in [-0.15, -0.1) is 24.8 Å². The van der Waals surface area contributed by atoms with Gasteiger partial charge in [-0.25, -0.2) is 9.78 Å². The van der Waals surface area contributed by atoms with Crippen LogP contribution < -0.4 is 4.74 Å². The van der Waals surface area contributed by atoms with Gasteiger partial charge < -0.3 is 9.47 Å². The second-order valence-electron chi connectivity index (χ2n) is 2.95. The zero-order chi connectivity index (χ0) is 13.9. The van der Waals surface area contributed by atoms with Crippen LogP contribution in [0.2, 0.25) is 0 Å². The van der Waals surface area contributed by atoms with Crippen LogP contribution >= 0.6 is 34.2 Å². The number of aromatic nitrogens is 1. The number of carbonyl (C=O) groups is 1. The van der Waals surface area contributed by atoms with Crippen LogP contribution in [0.1, 0.15) is 16.1 Å². The van der Waals surface area contributed by atoms with E-state index in [-0.39, 0.29) is 20.8 Å². The minimum absolute atomic E-state index is 0.0576. The molecule has 0 aliphatic heterocycles. The summed E-state index contributed by atoms with van der Waals surface area (Å²) in [6, 6.07) is 0.846. The second-order valence-corrected chi connectivity index (χ2v) is 4.24. The summed E-state index contributed by atoms with van der Waals surface area (Å²) >= 11 is 7.19. The van der Waals surface area contributed by atoms with Crippen molar-refractivity contribution in [2.45, 2.75) is 12.2 Å². The number of methoxy groups -OCH3 is 1. The molecule has 100 valence electrons. The molecule has 4 nitrogen and oxygen atoms in total. The summed E-state index contributed by atoms with van der Waals surface area (Å²) in [5.41, 5.74) is -0.225. The molecule has 0 unspecified atom stereocenters. The van der Waals surface area contributed by atoms with E-state index in [1.165, 1.54) is 0 Å². The number of ether oxygens (including phenoxy) is 2. The average Bonchev–Trinajstić information content (AvgIpc) is 2.25. The second kappa shape index (κ2) is 5.91. The van der Waals surface area contributed by atoms with Crippen molar-refractivity contribution in [3.05, 3.63) is 21.0 Å². The van der Waals surface area contributed by atoms with Crippen molar-refractivity contribution in [2.24, 2.45) is 0 Å². The van der Waals surface area contributed by atoms with Gasteiger partial charge in [0.2, 0.25) is 0 Å². The molecule has 1 aromatic heterocycles. The van der Waals surface area contributed by atoms with E-state index in [2.05, 4.69) is 14.5 Å². The number of carbonyl (C=O) groups excluding carboxylic acids is 1. The van der Waals surface area contributed by atoms with Crippen molar-refractivity contribution < 1.29 is 27.4 Å². The van der Waals surface area contributed by atoms with Gasteiger partial charge in [0.1, 0.15) is 9.45 Å². The van der Waals surface area contributed by atoms with Gasteiger partial charge in [0.05, 0.1) is 13.0 Å². The van der Waals surface area contributed by atoms with E-state index in [1.54, 1.807) is 22.6 Å². The zero-order valence-electron chi connectivity index (χ0n) is 8.85. The Balaban J connectivity index is 3.28. The Kier molecular flexibility index (Phi) is 5.02. The summed E-state index contributed by atoms with van der Waals surface area (Å²) in [6.07, 6.45) is -4.88. The average molecular weight is 396 g/mol. The van der Waals surface area contributed by atoms with Gasteiger partial charge in [0.25, 0.3) is 0 Å². The molecule has 1 rings (SSSR count). The number of nitrogens with zero attached hydrogens (tertiary/aromatic N) is 1. The maximum atomic E-state index is 12.2. The molecule has 1 aromatic rings. The lowest BCUT2D eigenvalue weighted by atomic mass is 10.2. The molecule has 9 heteroatoms. The number of pyridine rings is 1. The third kappa shape index (κ3) is 3.87. The molecule has 18 heavy (non-hydrogen) atoms. The van der Waals surface area contributed by atoms with Crippen LogP contribution in [0.3, 0.4) is 0 Å². The van der Waals surface area contributed by atoms with Crippen molar-refractivity contribution in [1.82, 2.24) is 4.98 Å². The first-order valence-corrected chi connectivity index (χ1v) is 5.99. The summed E-state index contributed by atoms with van der Waals surface area (Å²) in [5, 5.41) is 0. The predicted octanol–water partition coefficient (Wildman–Crippen LogP) is 3.11. The molecule has 0 fully saturated rings. The van der Waals surface area contributed by atoms with Crippen molar-refractivity contribution in [2.75, 3.05) is 7.11 Å². The molecular weight excluding hydrogens is 389 g/mol. The molecule has 0 aromatic carbocycles. The Hall–Kier alpha value is -0.770. The standard InChI is InChI=1S/C9H6ClF3INO3/c1-17-8(16)5-2-6(18-9(11,12)13)4(3-10)7(14)15-5/h2H,3H2,1H3. The van der Waals surface area contributed by atoms with Crippen LogP contribution in [0, 0.1) is 3.70 Å². The van der Waals surface area contributed by atoms with Gasteiger partial charge in [-0.3, -0.25) is 0 Å². The fourth-order valence-corrected chi connectivity index (χ4v) is 2.26. The monoisotopic (exact) mass is 395 g/mol. The van der Waals surface area contributed by atoms with Gasteiger partial charge in [-0.05, 0) is 22.6 Å². The van der Waals surface area contributed by atoms with Gasteiger partial charge in [-0.1, -0.05) is 0 Å². The van der Waals surface area contributed by atoms with Gasteiger partial charge >= 0.3 is 12.3 Å². The van der Waals surface area contributed by atoms with E-state index >= 15 is 0 Å². The molecule has 0 radical (unpaired) electrons. The number of hydrogen-bond donors (Lipinski definition) is 0. The Bertz CT molecular complexity index is 467. The number of alkyl halides is 4. The largest absolute Gasteiger partial charge is 0.573 e. The minimum Gasteiger partial charge on any atom is -0.464 e. The van der Waals surface area contributed by atoms with Crippen LogP contribution in [-0.4, -0.2) is 24.4 Å². The third-order valence-corrected chi connectivity index (χ3v) is 2.95. The van der Waals surface area contributed by atoms with E-state index in [0.717, 1.165) is 13.2 Å². The molecule has 0 saturated carbocycles.